The molecule has 19 heavy (non-hydrogen) atoms. The van der Waals surface area contributed by atoms with Crippen LogP contribution < -0.4 is 5.32 Å². The maximum Gasteiger partial charge on any atom is 0.131 e. The average molecular weight is 286 g/mol. The molecule has 0 saturated carbocycles. The van der Waals surface area contributed by atoms with Crippen molar-refractivity contribution in [1.29, 1.82) is 0 Å². The van der Waals surface area contributed by atoms with Gasteiger partial charge in [-0.3, -0.25) is 9.58 Å². The molecule has 6 heteroatoms. The van der Waals surface area contributed by atoms with Crippen molar-refractivity contribution in [3.63, 3.8) is 0 Å². The molecule has 5 nitrogen and oxygen atoms in total. The number of halogens is 1. The van der Waals surface area contributed by atoms with Gasteiger partial charge in [0.25, 0.3) is 0 Å². The zero-order chi connectivity index (χ0) is 13.8. The highest BCUT2D eigenvalue weighted by atomic mass is 35.5. The van der Waals surface area contributed by atoms with Crippen LogP contribution in [0.5, 0.6) is 0 Å². The minimum Gasteiger partial charge on any atom is -0.314 e. The smallest absolute Gasteiger partial charge is 0.131 e. The molecule has 2 heterocycles. The van der Waals surface area contributed by atoms with Crippen molar-refractivity contribution >= 4 is 11.6 Å². The van der Waals surface area contributed by atoms with Crippen molar-refractivity contribution in [2.75, 3.05) is 46.3 Å². The topological polar surface area (TPSA) is 36.3 Å². The van der Waals surface area contributed by atoms with Gasteiger partial charge in [0.15, 0.2) is 0 Å². The van der Waals surface area contributed by atoms with E-state index < -0.39 is 0 Å². The third-order valence-corrected chi connectivity index (χ3v) is 4.18. The second kappa shape index (κ2) is 6.70. The van der Waals surface area contributed by atoms with Gasteiger partial charge >= 0.3 is 0 Å². The van der Waals surface area contributed by atoms with Gasteiger partial charge in [0, 0.05) is 58.4 Å². The summed E-state index contributed by atoms with van der Waals surface area (Å²) in [5.74, 6) is 0. The molecule has 0 spiro atoms. The lowest BCUT2D eigenvalue weighted by atomic mass is 10.2. The zero-order valence-corrected chi connectivity index (χ0v) is 12.9. The predicted octanol–water partition coefficient (Wildman–Crippen LogP) is 0.719. The molecule has 0 atom stereocenters. The van der Waals surface area contributed by atoms with E-state index in [0.717, 1.165) is 62.2 Å². The van der Waals surface area contributed by atoms with Gasteiger partial charge in [-0.2, -0.15) is 5.10 Å². The van der Waals surface area contributed by atoms with E-state index in [-0.39, 0.29) is 0 Å². The van der Waals surface area contributed by atoms with E-state index in [0.29, 0.717) is 0 Å². The van der Waals surface area contributed by atoms with E-state index in [1.165, 1.54) is 0 Å². The number of rotatable bonds is 5. The summed E-state index contributed by atoms with van der Waals surface area (Å²) in [4.78, 5) is 4.82. The highest BCUT2D eigenvalue weighted by Crippen LogP contribution is 2.19. The summed E-state index contributed by atoms with van der Waals surface area (Å²) < 4.78 is 1.75. The normalized spacial score (nSPS) is 17.3. The zero-order valence-electron chi connectivity index (χ0n) is 12.1. The Bertz CT molecular complexity index is 411. The fourth-order valence-corrected chi connectivity index (χ4v) is 2.68. The summed E-state index contributed by atoms with van der Waals surface area (Å²) in [6.45, 7) is 9.59. The maximum absolute atomic E-state index is 6.26. The summed E-state index contributed by atoms with van der Waals surface area (Å²) >= 11 is 6.26. The van der Waals surface area contributed by atoms with Gasteiger partial charge in [-0.05, 0) is 14.0 Å². The van der Waals surface area contributed by atoms with Gasteiger partial charge in [-0.15, -0.1) is 0 Å². The van der Waals surface area contributed by atoms with Crippen molar-refractivity contribution in [3.8, 4) is 0 Å². The van der Waals surface area contributed by atoms with Crippen LogP contribution in [0.4, 0.5) is 0 Å². The Morgan fingerprint density at radius 2 is 2.05 bits per heavy atom. The molecule has 0 aromatic carbocycles. The fraction of sp³-hybridized carbons (Fsp3) is 0.769. The minimum absolute atomic E-state index is 0.756. The van der Waals surface area contributed by atoms with Crippen LogP contribution in [0.15, 0.2) is 0 Å². The quantitative estimate of drug-likeness (QED) is 0.865. The number of nitrogens with zero attached hydrogens (tertiary/aromatic N) is 4. The molecule has 1 fully saturated rings. The van der Waals surface area contributed by atoms with Crippen LogP contribution in [0.3, 0.4) is 0 Å². The summed E-state index contributed by atoms with van der Waals surface area (Å²) in [7, 11) is 4.03. The first kappa shape index (κ1) is 14.8. The fourth-order valence-electron chi connectivity index (χ4n) is 2.45. The van der Waals surface area contributed by atoms with Crippen molar-refractivity contribution in [1.82, 2.24) is 24.9 Å². The number of hydrogen-bond donors (Lipinski definition) is 1. The largest absolute Gasteiger partial charge is 0.314 e. The number of hydrogen-bond acceptors (Lipinski definition) is 4. The maximum atomic E-state index is 6.26. The molecule has 0 radical (unpaired) electrons. The third kappa shape index (κ3) is 3.92. The van der Waals surface area contributed by atoms with E-state index in [1.54, 1.807) is 4.68 Å². The Morgan fingerprint density at radius 1 is 1.37 bits per heavy atom. The monoisotopic (exact) mass is 285 g/mol. The standard InChI is InChI=1S/C13H24ClN5/c1-11-12(13(14)18(3)16-11)10-17(2)8-9-19-6-4-15-5-7-19/h15H,4-10H2,1-3H3. The summed E-state index contributed by atoms with van der Waals surface area (Å²) in [6, 6.07) is 0. The molecular formula is C13H24ClN5. The second-order valence-corrected chi connectivity index (χ2v) is 5.67. The molecule has 0 bridgehead atoms. The van der Waals surface area contributed by atoms with Crippen molar-refractivity contribution in [2.45, 2.75) is 13.5 Å². The SMILES string of the molecule is Cc1nn(C)c(Cl)c1CN(C)CCN1CCNCC1. The van der Waals surface area contributed by atoms with E-state index in [1.807, 2.05) is 14.0 Å². The molecule has 0 unspecified atom stereocenters. The van der Waals surface area contributed by atoms with Gasteiger partial charge in [0.2, 0.25) is 0 Å². The number of piperazine rings is 1. The number of aromatic nitrogens is 2. The molecule has 1 aliphatic heterocycles. The Morgan fingerprint density at radius 3 is 2.63 bits per heavy atom. The molecule has 108 valence electrons. The first-order valence-electron chi connectivity index (χ1n) is 6.87. The number of likely N-dealkylation sites (N-methyl/N-ethyl adjacent to an activating group) is 1. The number of aryl methyl sites for hydroxylation is 2. The van der Waals surface area contributed by atoms with Crippen molar-refractivity contribution in [2.24, 2.45) is 7.05 Å². The molecule has 1 aromatic heterocycles. The van der Waals surface area contributed by atoms with Crippen molar-refractivity contribution < 1.29 is 0 Å². The highest BCUT2D eigenvalue weighted by molar-refractivity contribution is 6.30. The van der Waals surface area contributed by atoms with E-state index in [2.05, 4.69) is 27.3 Å². The summed E-state index contributed by atoms with van der Waals surface area (Å²) in [6.07, 6.45) is 0. The van der Waals surface area contributed by atoms with Crippen LogP contribution in [-0.2, 0) is 13.6 Å². The van der Waals surface area contributed by atoms with E-state index >= 15 is 0 Å². The molecule has 0 aliphatic carbocycles. The molecule has 1 aliphatic rings. The molecule has 0 amide bonds. The van der Waals surface area contributed by atoms with Crippen LogP contribution in [0.2, 0.25) is 5.15 Å². The third-order valence-electron chi connectivity index (χ3n) is 3.71. The van der Waals surface area contributed by atoms with Crippen molar-refractivity contribution in [3.05, 3.63) is 16.4 Å². The van der Waals surface area contributed by atoms with Crippen LogP contribution >= 0.6 is 11.6 Å². The lowest BCUT2D eigenvalue weighted by molar-refractivity contribution is 0.202. The predicted molar refractivity (Wildman–Crippen MR) is 78.6 cm³/mol. The molecular weight excluding hydrogens is 262 g/mol. The lowest BCUT2D eigenvalue weighted by Crippen LogP contribution is -2.45. The molecule has 1 aromatic rings. The van der Waals surface area contributed by atoms with Gasteiger partial charge < -0.3 is 10.2 Å². The Balaban J connectivity index is 1.81. The summed E-state index contributed by atoms with van der Waals surface area (Å²) in [5.41, 5.74) is 2.17. The van der Waals surface area contributed by atoms with Crippen LogP contribution in [-0.4, -0.2) is 65.9 Å². The van der Waals surface area contributed by atoms with Crippen LogP contribution in [0.1, 0.15) is 11.3 Å². The highest BCUT2D eigenvalue weighted by Gasteiger charge is 2.14. The van der Waals surface area contributed by atoms with Gasteiger partial charge in [0.1, 0.15) is 5.15 Å². The first-order chi connectivity index (χ1) is 9.08. The molecule has 2 rings (SSSR count). The lowest BCUT2D eigenvalue weighted by Gasteiger charge is -2.29. The van der Waals surface area contributed by atoms with Gasteiger partial charge in [-0.25, -0.2) is 0 Å². The minimum atomic E-state index is 0.756. The van der Waals surface area contributed by atoms with E-state index in [4.69, 9.17) is 11.6 Å². The molecule has 1 N–H and O–H groups in total. The summed E-state index contributed by atoms with van der Waals surface area (Å²) in [5, 5.41) is 8.49. The van der Waals surface area contributed by atoms with Crippen LogP contribution in [0.25, 0.3) is 0 Å². The Kier molecular flexibility index (Phi) is 5.21. The van der Waals surface area contributed by atoms with Gasteiger partial charge in [0.05, 0.1) is 5.69 Å². The first-order valence-corrected chi connectivity index (χ1v) is 7.25. The molecule has 1 saturated heterocycles. The number of nitrogens with one attached hydrogen (secondary N) is 1. The Hall–Kier alpha value is -0.620. The average Bonchev–Trinajstić information content (AvgIpc) is 2.64. The van der Waals surface area contributed by atoms with E-state index in [9.17, 15) is 0 Å². The van der Waals surface area contributed by atoms with Crippen LogP contribution in [0, 0.1) is 6.92 Å². The Labute approximate surface area is 120 Å². The second-order valence-electron chi connectivity index (χ2n) is 5.31. The van der Waals surface area contributed by atoms with Gasteiger partial charge in [-0.1, -0.05) is 11.6 Å².